The Kier molecular flexibility index (Phi) is 4.02. The molecule has 1 unspecified atom stereocenters. The molecular formula is C14H16BrNO. The Hall–Kier alpha value is -1.06. The van der Waals surface area contributed by atoms with E-state index in [2.05, 4.69) is 52.4 Å². The fourth-order valence-corrected chi connectivity index (χ4v) is 2.34. The van der Waals surface area contributed by atoms with E-state index in [1.165, 1.54) is 11.1 Å². The highest BCUT2D eigenvalue weighted by molar-refractivity contribution is 9.10. The van der Waals surface area contributed by atoms with E-state index in [0.29, 0.717) is 0 Å². The standard InChI is InChI=1S/C14H16BrNO/c1-3-10-4-6-11(7-5-10)13(16-2)14-12(15)8-9-17-14/h4-9,13,16H,3H2,1-2H3. The normalized spacial score (nSPS) is 12.6. The van der Waals surface area contributed by atoms with Gasteiger partial charge in [0.1, 0.15) is 5.76 Å². The highest BCUT2D eigenvalue weighted by atomic mass is 79.9. The van der Waals surface area contributed by atoms with Crippen LogP contribution >= 0.6 is 15.9 Å². The lowest BCUT2D eigenvalue weighted by atomic mass is 10.0. The number of aryl methyl sites for hydroxylation is 1. The summed E-state index contributed by atoms with van der Waals surface area (Å²) in [4.78, 5) is 0. The van der Waals surface area contributed by atoms with Crippen LogP contribution in [0.15, 0.2) is 45.5 Å². The highest BCUT2D eigenvalue weighted by Crippen LogP contribution is 2.29. The van der Waals surface area contributed by atoms with Gasteiger partial charge in [0.15, 0.2) is 0 Å². The Labute approximate surface area is 110 Å². The van der Waals surface area contributed by atoms with Gasteiger partial charge in [0.2, 0.25) is 0 Å². The Morgan fingerprint density at radius 3 is 2.41 bits per heavy atom. The number of hydrogen-bond donors (Lipinski definition) is 1. The number of hydrogen-bond acceptors (Lipinski definition) is 2. The average Bonchev–Trinajstić information content (AvgIpc) is 2.78. The molecule has 0 saturated heterocycles. The summed E-state index contributed by atoms with van der Waals surface area (Å²) in [5, 5.41) is 3.28. The van der Waals surface area contributed by atoms with Gasteiger partial charge in [0, 0.05) is 0 Å². The molecule has 0 saturated carbocycles. The smallest absolute Gasteiger partial charge is 0.139 e. The maximum Gasteiger partial charge on any atom is 0.139 e. The fraction of sp³-hybridized carbons (Fsp3) is 0.286. The van der Waals surface area contributed by atoms with Crippen molar-refractivity contribution in [1.29, 1.82) is 0 Å². The molecule has 0 spiro atoms. The van der Waals surface area contributed by atoms with E-state index in [1.54, 1.807) is 6.26 Å². The van der Waals surface area contributed by atoms with Crippen molar-refractivity contribution in [3.8, 4) is 0 Å². The lowest BCUT2D eigenvalue weighted by Crippen LogP contribution is -2.17. The van der Waals surface area contributed by atoms with Gasteiger partial charge in [0.25, 0.3) is 0 Å². The zero-order valence-electron chi connectivity index (χ0n) is 10.0. The molecule has 0 aliphatic rings. The third-order valence-corrected chi connectivity index (χ3v) is 3.57. The Bertz CT molecular complexity index is 475. The monoisotopic (exact) mass is 293 g/mol. The summed E-state index contributed by atoms with van der Waals surface area (Å²) in [5.41, 5.74) is 2.56. The minimum atomic E-state index is 0.0882. The molecule has 1 heterocycles. The zero-order chi connectivity index (χ0) is 12.3. The predicted octanol–water partition coefficient (Wildman–Crippen LogP) is 3.91. The first-order valence-electron chi connectivity index (χ1n) is 5.75. The second kappa shape index (κ2) is 5.52. The molecule has 1 atom stereocenters. The molecule has 2 aromatic rings. The minimum absolute atomic E-state index is 0.0882. The van der Waals surface area contributed by atoms with E-state index < -0.39 is 0 Å². The lowest BCUT2D eigenvalue weighted by Gasteiger charge is -2.15. The first-order chi connectivity index (χ1) is 8.26. The topological polar surface area (TPSA) is 25.2 Å². The fourth-order valence-electron chi connectivity index (χ4n) is 1.91. The summed E-state index contributed by atoms with van der Waals surface area (Å²) in [6, 6.07) is 10.6. The summed E-state index contributed by atoms with van der Waals surface area (Å²) in [6.07, 6.45) is 2.76. The third kappa shape index (κ3) is 2.61. The van der Waals surface area contributed by atoms with E-state index in [9.17, 15) is 0 Å². The van der Waals surface area contributed by atoms with Crippen LogP contribution in [0.3, 0.4) is 0 Å². The summed E-state index contributed by atoms with van der Waals surface area (Å²) in [6.45, 7) is 2.16. The zero-order valence-corrected chi connectivity index (χ0v) is 11.6. The quantitative estimate of drug-likeness (QED) is 0.924. The van der Waals surface area contributed by atoms with Crippen molar-refractivity contribution in [2.75, 3.05) is 7.05 Å². The van der Waals surface area contributed by atoms with E-state index in [1.807, 2.05) is 13.1 Å². The highest BCUT2D eigenvalue weighted by Gasteiger charge is 2.17. The maximum atomic E-state index is 5.52. The van der Waals surface area contributed by atoms with E-state index in [-0.39, 0.29) is 6.04 Å². The van der Waals surface area contributed by atoms with Crippen molar-refractivity contribution in [3.63, 3.8) is 0 Å². The first-order valence-corrected chi connectivity index (χ1v) is 6.54. The van der Waals surface area contributed by atoms with Crippen molar-refractivity contribution in [1.82, 2.24) is 5.32 Å². The predicted molar refractivity (Wildman–Crippen MR) is 73.1 cm³/mol. The van der Waals surface area contributed by atoms with Crippen molar-refractivity contribution < 1.29 is 4.42 Å². The van der Waals surface area contributed by atoms with E-state index in [0.717, 1.165) is 16.7 Å². The Morgan fingerprint density at radius 2 is 1.94 bits per heavy atom. The molecule has 0 aliphatic carbocycles. The Morgan fingerprint density at radius 1 is 1.24 bits per heavy atom. The van der Waals surface area contributed by atoms with Crippen LogP contribution < -0.4 is 5.32 Å². The molecule has 0 fully saturated rings. The average molecular weight is 294 g/mol. The Balaban J connectivity index is 2.32. The van der Waals surface area contributed by atoms with Crippen LogP contribution in [-0.4, -0.2) is 7.05 Å². The van der Waals surface area contributed by atoms with Crippen molar-refractivity contribution in [2.24, 2.45) is 0 Å². The molecule has 3 heteroatoms. The molecule has 0 aliphatic heterocycles. The molecule has 1 aromatic heterocycles. The molecule has 1 aromatic carbocycles. The van der Waals surface area contributed by atoms with Gasteiger partial charge < -0.3 is 9.73 Å². The van der Waals surface area contributed by atoms with Gasteiger partial charge in [-0.05, 0) is 46.6 Å². The summed E-state index contributed by atoms with van der Waals surface area (Å²) < 4.78 is 6.52. The van der Waals surface area contributed by atoms with Gasteiger partial charge in [-0.15, -0.1) is 0 Å². The number of rotatable bonds is 4. The lowest BCUT2D eigenvalue weighted by molar-refractivity contribution is 0.461. The molecule has 1 N–H and O–H groups in total. The van der Waals surface area contributed by atoms with Crippen LogP contribution in [-0.2, 0) is 6.42 Å². The van der Waals surface area contributed by atoms with Crippen LogP contribution in [0.4, 0.5) is 0 Å². The van der Waals surface area contributed by atoms with Gasteiger partial charge >= 0.3 is 0 Å². The second-order valence-corrected chi connectivity index (χ2v) is 4.80. The molecule has 0 radical (unpaired) electrons. The van der Waals surface area contributed by atoms with Crippen molar-refractivity contribution in [3.05, 3.63) is 58.0 Å². The van der Waals surface area contributed by atoms with Crippen LogP contribution in [0, 0.1) is 0 Å². The molecule has 17 heavy (non-hydrogen) atoms. The summed E-state index contributed by atoms with van der Waals surface area (Å²) in [5.74, 6) is 0.914. The van der Waals surface area contributed by atoms with E-state index in [4.69, 9.17) is 4.42 Å². The number of furan rings is 1. The minimum Gasteiger partial charge on any atom is -0.466 e. The number of halogens is 1. The van der Waals surface area contributed by atoms with Crippen LogP contribution in [0.5, 0.6) is 0 Å². The van der Waals surface area contributed by atoms with Crippen LogP contribution in [0.2, 0.25) is 0 Å². The molecule has 0 amide bonds. The SMILES string of the molecule is CCc1ccc(C(NC)c2occc2Br)cc1. The largest absolute Gasteiger partial charge is 0.466 e. The molecule has 2 nitrogen and oxygen atoms in total. The van der Waals surface area contributed by atoms with E-state index >= 15 is 0 Å². The van der Waals surface area contributed by atoms with Crippen molar-refractivity contribution >= 4 is 15.9 Å². The van der Waals surface area contributed by atoms with Crippen molar-refractivity contribution in [2.45, 2.75) is 19.4 Å². The molecule has 0 bridgehead atoms. The summed E-state index contributed by atoms with van der Waals surface area (Å²) >= 11 is 3.50. The number of nitrogens with one attached hydrogen (secondary N) is 1. The van der Waals surface area contributed by atoms with Gasteiger partial charge in [-0.3, -0.25) is 0 Å². The van der Waals surface area contributed by atoms with Gasteiger partial charge in [-0.1, -0.05) is 31.2 Å². The molecular weight excluding hydrogens is 278 g/mol. The van der Waals surface area contributed by atoms with Gasteiger partial charge in [-0.2, -0.15) is 0 Å². The molecule has 90 valence electrons. The maximum absolute atomic E-state index is 5.52. The number of benzene rings is 1. The first kappa shape index (κ1) is 12.4. The van der Waals surface area contributed by atoms with Gasteiger partial charge in [-0.25, -0.2) is 0 Å². The summed E-state index contributed by atoms with van der Waals surface area (Å²) in [7, 11) is 1.94. The van der Waals surface area contributed by atoms with Crippen LogP contribution in [0.1, 0.15) is 29.9 Å². The van der Waals surface area contributed by atoms with Crippen LogP contribution in [0.25, 0.3) is 0 Å². The second-order valence-electron chi connectivity index (χ2n) is 3.95. The molecule has 2 rings (SSSR count). The van der Waals surface area contributed by atoms with Gasteiger partial charge in [0.05, 0.1) is 16.8 Å². The third-order valence-electron chi connectivity index (χ3n) is 2.92.